The second-order valence-electron chi connectivity index (χ2n) is 4.89. The molecule has 6 nitrogen and oxygen atoms in total. The molecule has 0 bridgehead atoms. The first kappa shape index (κ1) is 13.3. The lowest BCUT2D eigenvalue weighted by atomic mass is 9.89. The van der Waals surface area contributed by atoms with E-state index in [0.717, 1.165) is 13.1 Å². The Morgan fingerprint density at radius 2 is 2.21 bits per heavy atom. The number of hydrogen-bond donors (Lipinski definition) is 2. The average molecular weight is 260 g/mol. The molecule has 2 N–H and O–H groups in total. The van der Waals surface area contributed by atoms with Crippen molar-refractivity contribution in [3.63, 3.8) is 0 Å². The van der Waals surface area contributed by atoms with Gasteiger partial charge in [0.1, 0.15) is 5.54 Å². The van der Waals surface area contributed by atoms with Crippen LogP contribution in [0.5, 0.6) is 0 Å². The third-order valence-electron chi connectivity index (χ3n) is 3.44. The van der Waals surface area contributed by atoms with Crippen molar-refractivity contribution in [2.24, 2.45) is 0 Å². The predicted molar refractivity (Wildman–Crippen MR) is 69.6 cm³/mol. The van der Waals surface area contributed by atoms with E-state index in [1.54, 1.807) is 0 Å². The standard InChI is InChI=1S/C13H16N4O2/c1-17-6-3-13(9-14,4-7-17)16-12(19)10-2-5-15-11(18)8-10/h2,5,8H,3-4,6-7H2,1H3,(H,15,18)(H,16,19). The van der Waals surface area contributed by atoms with Crippen LogP contribution in [0.4, 0.5) is 0 Å². The maximum atomic E-state index is 12.1. The van der Waals surface area contributed by atoms with E-state index in [2.05, 4.69) is 21.3 Å². The Labute approximate surface area is 111 Å². The largest absolute Gasteiger partial charge is 0.334 e. The number of amides is 1. The molecule has 0 aromatic carbocycles. The van der Waals surface area contributed by atoms with Gasteiger partial charge in [-0.1, -0.05) is 0 Å². The van der Waals surface area contributed by atoms with Gasteiger partial charge in [0, 0.05) is 30.9 Å². The van der Waals surface area contributed by atoms with Crippen LogP contribution in [0.3, 0.4) is 0 Å². The number of aromatic amines is 1. The van der Waals surface area contributed by atoms with E-state index in [4.69, 9.17) is 0 Å². The number of carbonyl (C=O) groups excluding carboxylic acids is 1. The summed E-state index contributed by atoms with van der Waals surface area (Å²) in [5, 5.41) is 12.1. The van der Waals surface area contributed by atoms with Crippen LogP contribution in [-0.4, -0.2) is 41.5 Å². The molecule has 0 radical (unpaired) electrons. The summed E-state index contributed by atoms with van der Waals surface area (Å²) < 4.78 is 0. The van der Waals surface area contributed by atoms with Crippen molar-refractivity contribution >= 4 is 5.91 Å². The molecule has 100 valence electrons. The van der Waals surface area contributed by atoms with E-state index >= 15 is 0 Å². The SMILES string of the molecule is CN1CCC(C#N)(NC(=O)c2cc[nH]c(=O)c2)CC1. The van der Waals surface area contributed by atoms with Crippen molar-refractivity contribution in [2.45, 2.75) is 18.4 Å². The lowest BCUT2D eigenvalue weighted by Gasteiger charge is -2.35. The molecular formula is C13H16N4O2. The van der Waals surface area contributed by atoms with E-state index in [0.29, 0.717) is 12.8 Å². The van der Waals surface area contributed by atoms with Crippen molar-refractivity contribution in [1.82, 2.24) is 15.2 Å². The number of piperidine rings is 1. The van der Waals surface area contributed by atoms with Crippen LogP contribution in [0.15, 0.2) is 23.1 Å². The van der Waals surface area contributed by atoms with Gasteiger partial charge in [-0.3, -0.25) is 9.59 Å². The van der Waals surface area contributed by atoms with Crippen LogP contribution in [0.2, 0.25) is 0 Å². The van der Waals surface area contributed by atoms with Gasteiger partial charge < -0.3 is 15.2 Å². The van der Waals surface area contributed by atoms with Gasteiger partial charge in [-0.2, -0.15) is 5.26 Å². The number of H-pyrrole nitrogens is 1. The van der Waals surface area contributed by atoms with Gasteiger partial charge in [-0.15, -0.1) is 0 Å². The van der Waals surface area contributed by atoms with E-state index in [9.17, 15) is 14.9 Å². The Balaban J connectivity index is 2.13. The topological polar surface area (TPSA) is 89.0 Å². The first-order valence-electron chi connectivity index (χ1n) is 6.16. The zero-order valence-electron chi connectivity index (χ0n) is 10.8. The molecular weight excluding hydrogens is 244 g/mol. The molecule has 0 unspecified atom stereocenters. The minimum absolute atomic E-state index is 0.275. The van der Waals surface area contributed by atoms with E-state index < -0.39 is 5.54 Å². The van der Waals surface area contributed by atoms with Gasteiger partial charge >= 0.3 is 0 Å². The summed E-state index contributed by atoms with van der Waals surface area (Å²) in [6, 6.07) is 4.96. The normalized spacial score (nSPS) is 18.5. The van der Waals surface area contributed by atoms with Gasteiger partial charge in [-0.05, 0) is 26.0 Å². The predicted octanol–water partition coefficient (Wildman–Crippen LogP) is 0.0927. The fraction of sp³-hybridized carbons (Fsp3) is 0.462. The molecule has 1 aliphatic heterocycles. The Kier molecular flexibility index (Phi) is 3.67. The fourth-order valence-corrected chi connectivity index (χ4v) is 2.14. The fourth-order valence-electron chi connectivity index (χ4n) is 2.14. The van der Waals surface area contributed by atoms with Crippen molar-refractivity contribution in [2.75, 3.05) is 20.1 Å². The maximum Gasteiger partial charge on any atom is 0.252 e. The number of aromatic nitrogens is 1. The summed E-state index contributed by atoms with van der Waals surface area (Å²) in [7, 11) is 1.99. The maximum absolute atomic E-state index is 12.1. The van der Waals surface area contributed by atoms with Crippen LogP contribution in [0.25, 0.3) is 0 Å². The molecule has 1 fully saturated rings. The molecule has 2 heterocycles. The molecule has 0 saturated carbocycles. The number of nitrogens with one attached hydrogen (secondary N) is 2. The van der Waals surface area contributed by atoms with Crippen LogP contribution in [-0.2, 0) is 0 Å². The molecule has 0 spiro atoms. The zero-order valence-corrected chi connectivity index (χ0v) is 10.8. The van der Waals surface area contributed by atoms with Gasteiger partial charge in [0.25, 0.3) is 5.91 Å². The first-order valence-corrected chi connectivity index (χ1v) is 6.16. The highest BCUT2D eigenvalue weighted by Crippen LogP contribution is 2.21. The number of nitrogens with zero attached hydrogens (tertiary/aromatic N) is 2. The minimum Gasteiger partial charge on any atom is -0.334 e. The summed E-state index contributed by atoms with van der Waals surface area (Å²) in [6.07, 6.45) is 2.61. The van der Waals surface area contributed by atoms with Crippen molar-refractivity contribution in [1.29, 1.82) is 5.26 Å². The molecule has 19 heavy (non-hydrogen) atoms. The first-order chi connectivity index (χ1) is 9.04. The molecule has 0 aliphatic carbocycles. The number of hydrogen-bond acceptors (Lipinski definition) is 4. The summed E-state index contributed by atoms with van der Waals surface area (Å²) in [5.41, 5.74) is -0.883. The molecule has 1 amide bonds. The van der Waals surface area contributed by atoms with Crippen LogP contribution in [0.1, 0.15) is 23.2 Å². The number of rotatable bonds is 2. The molecule has 1 saturated heterocycles. The van der Waals surface area contributed by atoms with E-state index in [1.807, 2.05) is 7.05 Å². The highest BCUT2D eigenvalue weighted by Gasteiger charge is 2.35. The highest BCUT2D eigenvalue weighted by molar-refractivity contribution is 5.94. The Morgan fingerprint density at radius 3 is 2.79 bits per heavy atom. The number of nitriles is 1. The summed E-state index contributed by atoms with van der Waals surface area (Å²) in [6.45, 7) is 1.53. The molecule has 6 heteroatoms. The monoisotopic (exact) mass is 260 g/mol. The zero-order chi connectivity index (χ0) is 13.9. The second kappa shape index (κ2) is 5.24. The lowest BCUT2D eigenvalue weighted by Crippen LogP contribution is -2.53. The highest BCUT2D eigenvalue weighted by atomic mass is 16.2. The summed E-state index contributed by atoms with van der Waals surface area (Å²) in [5.74, 6) is -0.378. The lowest BCUT2D eigenvalue weighted by molar-refractivity contribution is 0.0881. The van der Waals surface area contributed by atoms with Crippen molar-refractivity contribution < 1.29 is 4.79 Å². The average Bonchev–Trinajstić information content (AvgIpc) is 2.42. The third-order valence-corrected chi connectivity index (χ3v) is 3.44. The van der Waals surface area contributed by atoms with Gasteiger partial charge in [0.2, 0.25) is 5.56 Å². The van der Waals surface area contributed by atoms with Crippen LogP contribution < -0.4 is 10.9 Å². The molecule has 0 atom stereocenters. The molecule has 1 aliphatic rings. The third kappa shape index (κ3) is 3.01. The number of carbonyl (C=O) groups is 1. The van der Waals surface area contributed by atoms with Crippen LogP contribution in [0, 0.1) is 11.3 Å². The summed E-state index contributed by atoms with van der Waals surface area (Å²) in [4.78, 5) is 27.8. The van der Waals surface area contributed by atoms with Gasteiger partial charge in [-0.25, -0.2) is 0 Å². The number of likely N-dealkylation sites (tertiary alicyclic amines) is 1. The van der Waals surface area contributed by atoms with Crippen molar-refractivity contribution in [3.8, 4) is 6.07 Å². The van der Waals surface area contributed by atoms with Gasteiger partial charge in [0.05, 0.1) is 6.07 Å². The Bertz CT molecular complexity index is 564. The molecule has 1 aromatic heterocycles. The Morgan fingerprint density at radius 1 is 1.53 bits per heavy atom. The molecule has 1 aromatic rings. The minimum atomic E-state index is -0.827. The summed E-state index contributed by atoms with van der Waals surface area (Å²) >= 11 is 0. The van der Waals surface area contributed by atoms with E-state index in [-0.39, 0.29) is 17.0 Å². The smallest absolute Gasteiger partial charge is 0.252 e. The molecule has 2 rings (SSSR count). The number of pyridine rings is 1. The van der Waals surface area contributed by atoms with Gasteiger partial charge in [0.15, 0.2) is 0 Å². The Hall–Kier alpha value is -2.13. The quantitative estimate of drug-likeness (QED) is 0.789. The van der Waals surface area contributed by atoms with Crippen LogP contribution >= 0.6 is 0 Å². The van der Waals surface area contributed by atoms with Crippen molar-refractivity contribution in [3.05, 3.63) is 34.2 Å². The van der Waals surface area contributed by atoms with E-state index in [1.165, 1.54) is 18.3 Å². The second-order valence-corrected chi connectivity index (χ2v) is 4.89.